The van der Waals surface area contributed by atoms with Crippen LogP contribution in [0.15, 0.2) is 29.3 Å². The lowest BCUT2D eigenvalue weighted by molar-refractivity contribution is -0.171. The Hall–Kier alpha value is -1.88. The maximum absolute atomic E-state index is 6.09. The summed E-state index contributed by atoms with van der Waals surface area (Å²) in [7, 11) is 3.67. The van der Waals surface area contributed by atoms with Gasteiger partial charge in [-0.3, -0.25) is 0 Å². The molecule has 2 heterocycles. The number of benzene rings is 1. The molecule has 0 amide bonds. The Morgan fingerprint density at radius 1 is 1.28 bits per heavy atom. The van der Waals surface area contributed by atoms with Gasteiger partial charge in [0.1, 0.15) is 11.6 Å². The topological polar surface area (TPSA) is 85.6 Å². The quantitative estimate of drug-likeness (QED) is 0.326. The molecule has 0 bridgehead atoms. The average Bonchev–Trinajstić information content (AvgIpc) is 3.31. The molecule has 174 valence electrons. The number of nitrogens with one attached hydrogen (secondary N) is 2. The van der Waals surface area contributed by atoms with Gasteiger partial charge in [0.2, 0.25) is 0 Å². The van der Waals surface area contributed by atoms with Crippen LogP contribution < -0.4 is 15.4 Å². The lowest BCUT2D eigenvalue weighted by Crippen LogP contribution is -2.72. The van der Waals surface area contributed by atoms with Crippen LogP contribution in [0.5, 0.6) is 5.75 Å². The van der Waals surface area contributed by atoms with Crippen molar-refractivity contribution in [3.05, 3.63) is 41.5 Å². The van der Waals surface area contributed by atoms with Gasteiger partial charge < -0.3 is 24.7 Å². The Balaban J connectivity index is 0.00000245. The first-order valence-electron chi connectivity index (χ1n) is 11.2. The van der Waals surface area contributed by atoms with Crippen LogP contribution in [0.1, 0.15) is 42.9 Å². The second-order valence-electron chi connectivity index (χ2n) is 9.04. The smallest absolute Gasteiger partial charge is 0.192 e. The first kappa shape index (κ1) is 23.3. The zero-order valence-electron chi connectivity index (χ0n) is 19.0. The molecule has 3 aliphatic rings. The number of ether oxygens (including phenoxy) is 2. The maximum Gasteiger partial charge on any atom is 0.192 e. The Labute approximate surface area is 206 Å². The second kappa shape index (κ2) is 9.54. The van der Waals surface area contributed by atoms with Crippen LogP contribution in [0.3, 0.4) is 0 Å². The molecule has 2 N–H and O–H groups in total. The van der Waals surface area contributed by atoms with Gasteiger partial charge in [0.25, 0.3) is 0 Å². The van der Waals surface area contributed by atoms with E-state index in [-0.39, 0.29) is 24.0 Å². The molecule has 9 heteroatoms. The molecule has 2 aliphatic carbocycles. The van der Waals surface area contributed by atoms with Crippen molar-refractivity contribution in [3.8, 4) is 5.75 Å². The predicted molar refractivity (Wildman–Crippen MR) is 133 cm³/mol. The third kappa shape index (κ3) is 4.09. The van der Waals surface area contributed by atoms with E-state index in [0.717, 1.165) is 41.9 Å². The highest BCUT2D eigenvalue weighted by Gasteiger charge is 2.66. The summed E-state index contributed by atoms with van der Waals surface area (Å²) in [5.74, 6) is 4.07. The van der Waals surface area contributed by atoms with Crippen LogP contribution in [0.4, 0.5) is 0 Å². The minimum Gasteiger partial charge on any atom is -0.497 e. The molecule has 5 rings (SSSR count). The van der Waals surface area contributed by atoms with Crippen molar-refractivity contribution in [1.29, 1.82) is 0 Å². The van der Waals surface area contributed by atoms with Crippen molar-refractivity contribution in [2.45, 2.75) is 57.8 Å². The summed E-state index contributed by atoms with van der Waals surface area (Å²) < 4.78 is 13.4. The number of aryl methyl sites for hydroxylation is 1. The SMILES string of the molecule is COc1ccc(CN=C(NCc2nnc(C)n2C)NC2C3CCOC3C23CCC3)cc1.I. The zero-order chi connectivity index (χ0) is 21.4. The van der Waals surface area contributed by atoms with Crippen LogP contribution in [-0.4, -0.2) is 46.6 Å². The van der Waals surface area contributed by atoms with Gasteiger partial charge >= 0.3 is 0 Å². The number of aromatic nitrogens is 3. The Morgan fingerprint density at radius 3 is 2.69 bits per heavy atom. The summed E-state index contributed by atoms with van der Waals surface area (Å²) in [4.78, 5) is 4.92. The van der Waals surface area contributed by atoms with Crippen LogP contribution in [-0.2, 0) is 24.9 Å². The van der Waals surface area contributed by atoms with Crippen molar-refractivity contribution < 1.29 is 9.47 Å². The van der Waals surface area contributed by atoms with Crippen molar-refractivity contribution in [2.24, 2.45) is 23.4 Å². The summed E-state index contributed by atoms with van der Waals surface area (Å²) in [6, 6.07) is 8.50. The highest BCUT2D eigenvalue weighted by atomic mass is 127. The number of guanidine groups is 1. The van der Waals surface area contributed by atoms with Crippen LogP contribution >= 0.6 is 24.0 Å². The van der Waals surface area contributed by atoms with E-state index >= 15 is 0 Å². The molecule has 8 nitrogen and oxygen atoms in total. The zero-order valence-corrected chi connectivity index (χ0v) is 21.3. The van der Waals surface area contributed by atoms with Gasteiger partial charge in [-0.25, -0.2) is 4.99 Å². The van der Waals surface area contributed by atoms with E-state index in [9.17, 15) is 0 Å². The van der Waals surface area contributed by atoms with E-state index in [0.29, 0.717) is 36.6 Å². The summed E-state index contributed by atoms with van der Waals surface area (Å²) in [5.41, 5.74) is 1.44. The minimum atomic E-state index is 0. The number of rotatable bonds is 6. The maximum atomic E-state index is 6.09. The van der Waals surface area contributed by atoms with Gasteiger partial charge in [-0.15, -0.1) is 34.2 Å². The van der Waals surface area contributed by atoms with E-state index in [4.69, 9.17) is 14.5 Å². The van der Waals surface area contributed by atoms with Crippen molar-refractivity contribution >= 4 is 29.9 Å². The van der Waals surface area contributed by atoms with Crippen molar-refractivity contribution in [3.63, 3.8) is 0 Å². The van der Waals surface area contributed by atoms with Crippen LogP contribution in [0, 0.1) is 18.3 Å². The minimum absolute atomic E-state index is 0. The molecule has 3 unspecified atom stereocenters. The summed E-state index contributed by atoms with van der Waals surface area (Å²) in [5, 5.41) is 15.7. The molecule has 1 aromatic heterocycles. The standard InChI is InChI=1S/C23H32N6O2.HI/c1-15-27-28-19(29(15)2)14-25-22(24-13-16-5-7-17(30-3)8-6-16)26-20-18-9-12-31-21(18)23(20)10-4-11-23;/h5-8,18,20-21H,4,9-14H2,1-3H3,(H2,24,25,26);1H. The number of fused-ring (bicyclic) bond motifs is 2. The molecule has 1 aromatic carbocycles. The highest BCUT2D eigenvalue weighted by molar-refractivity contribution is 14.0. The monoisotopic (exact) mass is 552 g/mol. The summed E-state index contributed by atoms with van der Waals surface area (Å²) in [6.07, 6.45) is 5.37. The molecule has 1 aliphatic heterocycles. The second-order valence-corrected chi connectivity index (χ2v) is 9.04. The fourth-order valence-corrected chi connectivity index (χ4v) is 5.42. The first-order chi connectivity index (χ1) is 15.1. The van der Waals surface area contributed by atoms with E-state index in [2.05, 4.69) is 33.0 Å². The van der Waals surface area contributed by atoms with Crippen molar-refractivity contribution in [2.75, 3.05) is 13.7 Å². The molecule has 1 saturated heterocycles. The molecule has 3 fully saturated rings. The molecule has 32 heavy (non-hydrogen) atoms. The molecule has 2 saturated carbocycles. The molecule has 3 atom stereocenters. The Bertz CT molecular complexity index is 956. The number of aliphatic imine (C=N–C) groups is 1. The van der Waals surface area contributed by atoms with Gasteiger partial charge in [0, 0.05) is 31.0 Å². The fourth-order valence-electron chi connectivity index (χ4n) is 5.42. The van der Waals surface area contributed by atoms with E-state index in [1.807, 2.05) is 30.7 Å². The number of halogens is 1. The van der Waals surface area contributed by atoms with Gasteiger partial charge in [-0.05, 0) is 43.9 Å². The van der Waals surface area contributed by atoms with Gasteiger partial charge in [-0.1, -0.05) is 18.6 Å². The normalized spacial score (nSPS) is 25.3. The van der Waals surface area contributed by atoms with E-state index < -0.39 is 0 Å². The fraction of sp³-hybridized carbons (Fsp3) is 0.609. The predicted octanol–water partition coefficient (Wildman–Crippen LogP) is 2.94. The number of nitrogens with zero attached hydrogens (tertiary/aromatic N) is 4. The molecular weight excluding hydrogens is 519 g/mol. The molecule has 1 spiro atoms. The number of hydrogen-bond donors (Lipinski definition) is 2. The Kier molecular flexibility index (Phi) is 6.94. The number of methoxy groups -OCH3 is 1. The van der Waals surface area contributed by atoms with Gasteiger partial charge in [-0.2, -0.15) is 0 Å². The summed E-state index contributed by atoms with van der Waals surface area (Å²) >= 11 is 0. The molecular formula is C23H33IN6O2. The van der Waals surface area contributed by atoms with Crippen LogP contribution in [0.2, 0.25) is 0 Å². The Morgan fingerprint density at radius 2 is 2.06 bits per heavy atom. The molecule has 0 radical (unpaired) electrons. The largest absolute Gasteiger partial charge is 0.497 e. The third-order valence-corrected chi connectivity index (χ3v) is 7.50. The van der Waals surface area contributed by atoms with E-state index in [1.54, 1.807) is 7.11 Å². The lowest BCUT2D eigenvalue weighted by Gasteiger charge is -2.63. The van der Waals surface area contributed by atoms with E-state index in [1.165, 1.54) is 19.3 Å². The lowest BCUT2D eigenvalue weighted by atomic mass is 9.46. The molecule has 2 aromatic rings. The third-order valence-electron chi connectivity index (χ3n) is 7.50. The summed E-state index contributed by atoms with van der Waals surface area (Å²) in [6.45, 7) is 4.03. The van der Waals surface area contributed by atoms with Crippen LogP contribution in [0.25, 0.3) is 0 Å². The highest BCUT2D eigenvalue weighted by Crippen LogP contribution is 2.62. The number of hydrogen-bond acceptors (Lipinski definition) is 5. The average molecular weight is 552 g/mol. The first-order valence-corrected chi connectivity index (χ1v) is 11.2. The van der Waals surface area contributed by atoms with Gasteiger partial charge in [0.05, 0.1) is 26.3 Å². The van der Waals surface area contributed by atoms with Crippen molar-refractivity contribution in [1.82, 2.24) is 25.4 Å². The van der Waals surface area contributed by atoms with Gasteiger partial charge in [0.15, 0.2) is 11.8 Å².